The minimum absolute atomic E-state index is 0.235. The van der Waals surface area contributed by atoms with Crippen LogP contribution in [-0.2, 0) is 6.42 Å². The van der Waals surface area contributed by atoms with E-state index in [1.807, 2.05) is 31.2 Å². The van der Waals surface area contributed by atoms with Gasteiger partial charge >= 0.3 is 0 Å². The van der Waals surface area contributed by atoms with Gasteiger partial charge in [0, 0.05) is 16.9 Å². The first kappa shape index (κ1) is 14.9. The van der Waals surface area contributed by atoms with Crippen LogP contribution in [0.2, 0.25) is 0 Å². The minimum atomic E-state index is 0.235. The van der Waals surface area contributed by atoms with Gasteiger partial charge in [-0.2, -0.15) is 0 Å². The first-order chi connectivity index (χ1) is 9.61. The van der Waals surface area contributed by atoms with E-state index < -0.39 is 0 Å². The van der Waals surface area contributed by atoms with E-state index in [2.05, 4.69) is 31.4 Å². The van der Waals surface area contributed by atoms with Crippen LogP contribution in [-0.4, -0.2) is 12.0 Å². The van der Waals surface area contributed by atoms with Gasteiger partial charge in [-0.1, -0.05) is 42.0 Å². The lowest BCUT2D eigenvalue weighted by Gasteiger charge is -2.08. The molecule has 1 nitrogen and oxygen atoms in total. The van der Waals surface area contributed by atoms with Crippen molar-refractivity contribution in [2.75, 3.05) is 6.26 Å². The summed E-state index contributed by atoms with van der Waals surface area (Å²) in [6.07, 6.45) is 3.45. The zero-order chi connectivity index (χ0) is 14.5. The fourth-order valence-corrected chi connectivity index (χ4v) is 3.07. The molecule has 0 radical (unpaired) electrons. The van der Waals surface area contributed by atoms with Gasteiger partial charge in [-0.15, -0.1) is 11.8 Å². The van der Waals surface area contributed by atoms with E-state index >= 15 is 0 Å². The largest absolute Gasteiger partial charge is 0.294 e. The predicted molar refractivity (Wildman–Crippen MR) is 86.8 cm³/mol. The summed E-state index contributed by atoms with van der Waals surface area (Å²) >= 11 is 1.74. The molecule has 0 saturated heterocycles. The van der Waals surface area contributed by atoms with E-state index in [0.717, 1.165) is 17.5 Å². The number of benzene rings is 2. The highest BCUT2D eigenvalue weighted by atomic mass is 32.2. The standard InChI is InChI=1S/C18H20OS/c1-13-8-10-16(14(2)12-13)17(19)11-9-15-6-4-5-7-18(15)20-3/h4-8,10,12H,9,11H2,1-3H3. The zero-order valence-corrected chi connectivity index (χ0v) is 13.1. The molecule has 0 bridgehead atoms. The Kier molecular flexibility index (Phi) is 5.02. The van der Waals surface area contributed by atoms with E-state index in [9.17, 15) is 4.79 Å². The van der Waals surface area contributed by atoms with Crippen LogP contribution in [0.5, 0.6) is 0 Å². The molecule has 0 amide bonds. The summed E-state index contributed by atoms with van der Waals surface area (Å²) in [5.74, 6) is 0.235. The summed E-state index contributed by atoms with van der Waals surface area (Å²) in [4.78, 5) is 13.6. The Bertz CT molecular complexity index is 617. The highest BCUT2D eigenvalue weighted by Gasteiger charge is 2.10. The molecule has 0 fully saturated rings. The van der Waals surface area contributed by atoms with Gasteiger partial charge < -0.3 is 0 Å². The van der Waals surface area contributed by atoms with Crippen molar-refractivity contribution < 1.29 is 4.79 Å². The maximum Gasteiger partial charge on any atom is 0.163 e. The third kappa shape index (κ3) is 3.51. The molecule has 0 saturated carbocycles. The maximum atomic E-state index is 12.3. The fraction of sp³-hybridized carbons (Fsp3) is 0.278. The van der Waals surface area contributed by atoms with Gasteiger partial charge in [-0.05, 0) is 43.7 Å². The second kappa shape index (κ2) is 6.76. The smallest absolute Gasteiger partial charge is 0.163 e. The number of carbonyl (C=O) groups excluding carboxylic acids is 1. The SMILES string of the molecule is CSc1ccccc1CCC(=O)c1ccc(C)cc1C. The molecule has 0 aliphatic carbocycles. The third-order valence-corrected chi connectivity index (χ3v) is 4.33. The van der Waals surface area contributed by atoms with Crippen LogP contribution in [0.1, 0.15) is 33.5 Å². The summed E-state index contributed by atoms with van der Waals surface area (Å²) < 4.78 is 0. The Hall–Kier alpha value is -1.54. The summed E-state index contributed by atoms with van der Waals surface area (Å²) in [5.41, 5.74) is 4.40. The lowest BCUT2D eigenvalue weighted by atomic mass is 9.98. The third-order valence-electron chi connectivity index (χ3n) is 3.50. The molecule has 2 heteroatoms. The summed E-state index contributed by atoms with van der Waals surface area (Å²) in [7, 11) is 0. The lowest BCUT2D eigenvalue weighted by Crippen LogP contribution is -2.04. The van der Waals surface area contributed by atoms with Crippen molar-refractivity contribution in [3.05, 3.63) is 64.7 Å². The Labute approximate surface area is 125 Å². The average Bonchev–Trinajstić information content (AvgIpc) is 2.45. The van der Waals surface area contributed by atoms with Crippen LogP contribution in [0.25, 0.3) is 0 Å². The number of carbonyl (C=O) groups is 1. The number of aryl methyl sites for hydroxylation is 3. The predicted octanol–water partition coefficient (Wildman–Crippen LogP) is 4.84. The molecule has 0 N–H and O–H groups in total. The number of hydrogen-bond donors (Lipinski definition) is 0. The highest BCUT2D eigenvalue weighted by Crippen LogP contribution is 2.22. The van der Waals surface area contributed by atoms with Gasteiger partial charge in [0.05, 0.1) is 0 Å². The van der Waals surface area contributed by atoms with E-state index in [-0.39, 0.29) is 5.78 Å². The summed E-state index contributed by atoms with van der Waals surface area (Å²) in [6, 6.07) is 14.3. The molecule has 0 aliphatic rings. The first-order valence-electron chi connectivity index (χ1n) is 6.84. The second-order valence-corrected chi connectivity index (χ2v) is 5.90. The quantitative estimate of drug-likeness (QED) is 0.577. The van der Waals surface area contributed by atoms with Crippen LogP contribution in [0.15, 0.2) is 47.4 Å². The molecule has 2 aromatic carbocycles. The van der Waals surface area contributed by atoms with Crippen molar-refractivity contribution in [1.82, 2.24) is 0 Å². The van der Waals surface area contributed by atoms with Gasteiger partial charge in [-0.3, -0.25) is 4.79 Å². The molecule has 2 rings (SSSR count). The van der Waals surface area contributed by atoms with Gasteiger partial charge in [0.2, 0.25) is 0 Å². The van der Waals surface area contributed by atoms with Crippen LogP contribution in [0, 0.1) is 13.8 Å². The second-order valence-electron chi connectivity index (χ2n) is 5.05. The van der Waals surface area contributed by atoms with Gasteiger partial charge in [0.1, 0.15) is 0 Å². The summed E-state index contributed by atoms with van der Waals surface area (Å²) in [6.45, 7) is 4.06. The van der Waals surface area contributed by atoms with Gasteiger partial charge in [0.25, 0.3) is 0 Å². The van der Waals surface area contributed by atoms with Crippen LogP contribution >= 0.6 is 11.8 Å². The molecular weight excluding hydrogens is 264 g/mol. The maximum absolute atomic E-state index is 12.3. The van der Waals surface area contributed by atoms with Crippen molar-refractivity contribution in [3.63, 3.8) is 0 Å². The van der Waals surface area contributed by atoms with Gasteiger partial charge in [-0.25, -0.2) is 0 Å². The number of ketones is 1. The van der Waals surface area contributed by atoms with Crippen molar-refractivity contribution in [2.45, 2.75) is 31.6 Å². The number of hydrogen-bond acceptors (Lipinski definition) is 2. The Morgan fingerprint density at radius 2 is 1.85 bits per heavy atom. The zero-order valence-electron chi connectivity index (χ0n) is 12.3. The van der Waals surface area contributed by atoms with Crippen LogP contribution < -0.4 is 0 Å². The normalized spacial score (nSPS) is 10.6. The number of Topliss-reactive ketones (excluding diaryl/α,β-unsaturated/α-hetero) is 1. The molecule has 0 atom stereocenters. The fourth-order valence-electron chi connectivity index (χ4n) is 2.42. The average molecular weight is 284 g/mol. The van der Waals surface area contributed by atoms with Crippen LogP contribution in [0.4, 0.5) is 0 Å². The Morgan fingerprint density at radius 1 is 1.10 bits per heavy atom. The molecule has 20 heavy (non-hydrogen) atoms. The minimum Gasteiger partial charge on any atom is -0.294 e. The van der Waals surface area contributed by atoms with Crippen molar-refractivity contribution in [1.29, 1.82) is 0 Å². The van der Waals surface area contributed by atoms with E-state index in [1.54, 1.807) is 11.8 Å². The lowest BCUT2D eigenvalue weighted by molar-refractivity contribution is 0.0982. The van der Waals surface area contributed by atoms with Crippen molar-refractivity contribution in [2.24, 2.45) is 0 Å². The number of thioether (sulfide) groups is 1. The molecule has 0 spiro atoms. The monoisotopic (exact) mass is 284 g/mol. The molecule has 0 unspecified atom stereocenters. The topological polar surface area (TPSA) is 17.1 Å². The summed E-state index contributed by atoms with van der Waals surface area (Å²) in [5, 5.41) is 0. The first-order valence-corrected chi connectivity index (χ1v) is 8.06. The Morgan fingerprint density at radius 3 is 2.55 bits per heavy atom. The van der Waals surface area contributed by atoms with Crippen LogP contribution in [0.3, 0.4) is 0 Å². The number of rotatable bonds is 5. The molecule has 2 aromatic rings. The van der Waals surface area contributed by atoms with E-state index in [1.165, 1.54) is 16.0 Å². The van der Waals surface area contributed by atoms with Crippen molar-refractivity contribution >= 4 is 17.5 Å². The molecule has 0 aliphatic heterocycles. The van der Waals surface area contributed by atoms with Crippen molar-refractivity contribution in [3.8, 4) is 0 Å². The van der Waals surface area contributed by atoms with Gasteiger partial charge in [0.15, 0.2) is 5.78 Å². The highest BCUT2D eigenvalue weighted by molar-refractivity contribution is 7.98. The van der Waals surface area contributed by atoms with E-state index in [0.29, 0.717) is 6.42 Å². The molecule has 0 aromatic heterocycles. The Balaban J connectivity index is 2.09. The van der Waals surface area contributed by atoms with E-state index in [4.69, 9.17) is 0 Å². The molecular formula is C18H20OS. The molecule has 104 valence electrons. The molecule has 0 heterocycles.